The van der Waals surface area contributed by atoms with E-state index in [1.54, 1.807) is 23.6 Å². The highest BCUT2D eigenvalue weighted by atomic mass is 32.2. The molecule has 2 fully saturated rings. The molecule has 7 rings (SSSR count). The van der Waals surface area contributed by atoms with Crippen LogP contribution in [0.15, 0.2) is 57.9 Å². The van der Waals surface area contributed by atoms with Gasteiger partial charge in [0.05, 0.1) is 0 Å². The van der Waals surface area contributed by atoms with E-state index in [0.29, 0.717) is 48.5 Å². The average Bonchev–Trinajstić information content (AvgIpc) is 3.71. The van der Waals surface area contributed by atoms with Crippen molar-refractivity contribution in [3.63, 3.8) is 0 Å². The zero-order valence-corrected chi connectivity index (χ0v) is 25.3. The maximum atomic E-state index is 14.6. The van der Waals surface area contributed by atoms with Crippen molar-refractivity contribution < 1.29 is 27.2 Å². The third kappa shape index (κ3) is 4.93. The van der Waals surface area contributed by atoms with Crippen LogP contribution in [0.2, 0.25) is 0 Å². The number of benzene rings is 1. The number of nitrogens with zero attached hydrogens (tertiary/aromatic N) is 5. The lowest BCUT2D eigenvalue weighted by Gasteiger charge is -2.42. The van der Waals surface area contributed by atoms with Gasteiger partial charge in [0.1, 0.15) is 33.6 Å². The highest BCUT2D eigenvalue weighted by Gasteiger charge is 2.55. The van der Waals surface area contributed by atoms with Crippen molar-refractivity contribution in [2.45, 2.75) is 81.0 Å². The fourth-order valence-corrected chi connectivity index (χ4v) is 9.77. The zero-order valence-electron chi connectivity index (χ0n) is 24.5. The standard InChI is InChI=1S/C32H31FN6O5S/c1-19-29(31(40)36-21-13-22(18-34)35-28(33)14-21)38-12-6-5-9-25(38)30(19)45(42,43)39-23-10-11-24(39)17-32(41,16-23)27-15-26(44-37-27)20-7-3-2-4-8-20/h2-4,7-8,13-15,23-24,41H,5-6,9-12,16-17H2,1H3,(H,35,36,40). The number of carbonyl (C=O) groups excluding carboxylic acids is 1. The number of fused-ring (bicyclic) bond motifs is 3. The van der Waals surface area contributed by atoms with Crippen molar-refractivity contribution in [2.75, 3.05) is 5.32 Å². The van der Waals surface area contributed by atoms with Crippen molar-refractivity contribution in [2.24, 2.45) is 0 Å². The molecule has 0 radical (unpaired) electrons. The first-order valence-corrected chi connectivity index (χ1v) is 16.4. The summed E-state index contributed by atoms with van der Waals surface area (Å²) in [4.78, 5) is 17.2. The molecule has 1 amide bonds. The molecule has 2 saturated heterocycles. The number of carbonyl (C=O) groups is 1. The smallest absolute Gasteiger partial charge is 0.272 e. The number of aliphatic hydroxyl groups is 1. The Hall–Kier alpha value is -4.38. The van der Waals surface area contributed by atoms with Gasteiger partial charge in [-0.1, -0.05) is 35.5 Å². The summed E-state index contributed by atoms with van der Waals surface area (Å²) in [5.41, 5.74) is 0.818. The maximum Gasteiger partial charge on any atom is 0.272 e. The van der Waals surface area contributed by atoms with Crippen LogP contribution in [0.5, 0.6) is 0 Å². The minimum absolute atomic E-state index is 0.0517. The average molecular weight is 631 g/mol. The Morgan fingerprint density at radius 2 is 1.89 bits per heavy atom. The Labute approximate surface area is 259 Å². The number of hydrogen-bond donors (Lipinski definition) is 2. The van der Waals surface area contributed by atoms with Crippen LogP contribution < -0.4 is 5.32 Å². The lowest BCUT2D eigenvalue weighted by atomic mass is 9.84. The third-order valence-electron chi connectivity index (χ3n) is 9.26. The van der Waals surface area contributed by atoms with E-state index >= 15 is 0 Å². The molecule has 3 aliphatic rings. The molecule has 13 heteroatoms. The lowest BCUT2D eigenvalue weighted by Crippen LogP contribution is -2.52. The van der Waals surface area contributed by atoms with Gasteiger partial charge in [0.2, 0.25) is 16.0 Å². The van der Waals surface area contributed by atoms with E-state index in [1.165, 1.54) is 10.4 Å². The molecule has 0 spiro atoms. The molecule has 2 atom stereocenters. The minimum atomic E-state index is -4.08. The van der Waals surface area contributed by atoms with Gasteiger partial charge in [0, 0.05) is 53.3 Å². The number of sulfonamides is 1. The molecule has 2 unspecified atom stereocenters. The van der Waals surface area contributed by atoms with Crippen LogP contribution >= 0.6 is 0 Å². The normalized spacial score (nSPS) is 23.0. The first-order chi connectivity index (χ1) is 21.6. The first-order valence-electron chi connectivity index (χ1n) is 15.0. The second-order valence-electron chi connectivity index (χ2n) is 12.1. The Morgan fingerprint density at radius 1 is 1.16 bits per heavy atom. The van der Waals surface area contributed by atoms with Crippen molar-refractivity contribution in [1.29, 1.82) is 5.26 Å². The predicted octanol–water partition coefficient (Wildman–Crippen LogP) is 4.65. The molecule has 0 saturated carbocycles. The van der Waals surface area contributed by atoms with Crippen LogP contribution in [-0.4, -0.2) is 50.5 Å². The number of piperidine rings is 1. The number of nitrogens with one attached hydrogen (secondary N) is 1. The second-order valence-corrected chi connectivity index (χ2v) is 13.9. The monoisotopic (exact) mass is 630 g/mol. The number of halogens is 1. The van der Waals surface area contributed by atoms with Gasteiger partial charge in [-0.15, -0.1) is 0 Å². The molecule has 2 bridgehead atoms. The molecule has 3 aromatic heterocycles. The first kappa shape index (κ1) is 29.3. The van der Waals surface area contributed by atoms with E-state index in [9.17, 15) is 22.7 Å². The van der Waals surface area contributed by atoms with Crippen LogP contribution in [0.3, 0.4) is 0 Å². The summed E-state index contributed by atoms with van der Waals surface area (Å²) in [6, 6.07) is 14.3. The largest absolute Gasteiger partial charge is 0.383 e. The number of amides is 1. The second kappa shape index (κ2) is 10.9. The summed E-state index contributed by atoms with van der Waals surface area (Å²) in [6.45, 7) is 2.09. The third-order valence-corrected chi connectivity index (χ3v) is 11.5. The van der Waals surface area contributed by atoms with Crippen molar-refractivity contribution >= 4 is 21.6 Å². The Balaban J connectivity index is 1.20. The summed E-state index contributed by atoms with van der Waals surface area (Å²) >= 11 is 0. The fraction of sp³-hybridized carbons (Fsp3) is 0.375. The van der Waals surface area contributed by atoms with Crippen LogP contribution in [0, 0.1) is 24.2 Å². The summed E-state index contributed by atoms with van der Waals surface area (Å²) in [5, 5.41) is 27.8. The Morgan fingerprint density at radius 3 is 2.60 bits per heavy atom. The van der Waals surface area contributed by atoms with E-state index in [4.69, 9.17) is 9.78 Å². The quantitative estimate of drug-likeness (QED) is 0.292. The summed E-state index contributed by atoms with van der Waals surface area (Å²) < 4.78 is 52.0. The molecule has 6 heterocycles. The molecular weight excluding hydrogens is 599 g/mol. The molecule has 4 aromatic rings. The molecular formula is C32H31FN6O5S. The van der Waals surface area contributed by atoms with Gasteiger partial charge in [0.15, 0.2) is 5.76 Å². The lowest BCUT2D eigenvalue weighted by molar-refractivity contribution is -0.0393. The minimum Gasteiger partial charge on any atom is -0.383 e. The molecule has 3 aliphatic heterocycles. The molecule has 232 valence electrons. The van der Waals surface area contributed by atoms with Crippen LogP contribution in [0.4, 0.5) is 10.1 Å². The van der Waals surface area contributed by atoms with Crippen LogP contribution in [0.1, 0.15) is 71.7 Å². The molecule has 0 aliphatic carbocycles. The van der Waals surface area contributed by atoms with E-state index in [2.05, 4.69) is 15.5 Å². The van der Waals surface area contributed by atoms with Gasteiger partial charge in [-0.3, -0.25) is 4.79 Å². The van der Waals surface area contributed by atoms with E-state index in [-0.39, 0.29) is 34.8 Å². The topological polar surface area (TPSA) is 154 Å². The van der Waals surface area contributed by atoms with Crippen molar-refractivity contribution in [1.82, 2.24) is 19.0 Å². The van der Waals surface area contributed by atoms with Gasteiger partial charge >= 0.3 is 0 Å². The molecule has 2 N–H and O–H groups in total. The number of aromatic nitrogens is 3. The van der Waals surface area contributed by atoms with E-state index in [1.807, 2.05) is 30.3 Å². The molecule has 1 aromatic carbocycles. The van der Waals surface area contributed by atoms with Gasteiger partial charge in [0.25, 0.3) is 5.91 Å². The van der Waals surface area contributed by atoms with Gasteiger partial charge in [-0.25, -0.2) is 13.4 Å². The maximum absolute atomic E-state index is 14.6. The summed E-state index contributed by atoms with van der Waals surface area (Å²) in [5.74, 6) is -0.978. The van der Waals surface area contributed by atoms with Crippen molar-refractivity contribution in [3.05, 3.63) is 82.8 Å². The number of pyridine rings is 1. The Kier molecular flexibility index (Phi) is 7.11. The fourth-order valence-electron chi connectivity index (χ4n) is 7.42. The zero-order chi connectivity index (χ0) is 31.5. The number of nitriles is 1. The number of anilines is 1. The van der Waals surface area contributed by atoms with Gasteiger partial charge in [-0.05, 0) is 57.9 Å². The van der Waals surface area contributed by atoms with Gasteiger partial charge in [-0.2, -0.15) is 14.0 Å². The van der Waals surface area contributed by atoms with Crippen LogP contribution in [0.25, 0.3) is 11.3 Å². The summed E-state index contributed by atoms with van der Waals surface area (Å²) in [6.07, 6.45) is 3.55. The molecule has 45 heavy (non-hydrogen) atoms. The number of rotatable bonds is 6. The van der Waals surface area contributed by atoms with Crippen molar-refractivity contribution in [3.8, 4) is 17.4 Å². The number of hydrogen-bond acceptors (Lipinski definition) is 8. The van der Waals surface area contributed by atoms with E-state index in [0.717, 1.165) is 24.5 Å². The highest BCUT2D eigenvalue weighted by molar-refractivity contribution is 7.89. The SMILES string of the molecule is Cc1c(S(=O)(=O)N2C3CCC2CC(O)(c2cc(-c4ccccc4)on2)C3)c2n(c1C(=O)Nc1cc(F)nc(C#N)c1)CCCC2. The predicted molar refractivity (Wildman–Crippen MR) is 160 cm³/mol. The molecule has 11 nitrogen and oxygen atoms in total. The Bertz CT molecular complexity index is 1950. The summed E-state index contributed by atoms with van der Waals surface area (Å²) in [7, 11) is -4.08. The van der Waals surface area contributed by atoms with E-state index < -0.39 is 39.6 Å². The van der Waals surface area contributed by atoms with Gasteiger partial charge < -0.3 is 19.5 Å². The van der Waals surface area contributed by atoms with Crippen LogP contribution in [-0.2, 0) is 28.6 Å². The highest BCUT2D eigenvalue weighted by Crippen LogP contribution is 2.49.